The number of carbonyl (C=O) groups is 1. The van der Waals surface area contributed by atoms with Crippen molar-refractivity contribution in [1.82, 2.24) is 0 Å². The minimum absolute atomic E-state index is 0.0752. The zero-order valence-electron chi connectivity index (χ0n) is 24.1. The van der Waals surface area contributed by atoms with Crippen molar-refractivity contribution in [3.8, 4) is 11.5 Å². The van der Waals surface area contributed by atoms with E-state index in [4.69, 9.17) is 9.47 Å². The van der Waals surface area contributed by atoms with Gasteiger partial charge >= 0.3 is 0 Å². The average Bonchev–Trinajstić information content (AvgIpc) is 2.95. The van der Waals surface area contributed by atoms with Crippen LogP contribution in [0.5, 0.6) is 11.5 Å². The van der Waals surface area contributed by atoms with Crippen LogP contribution in [0.25, 0.3) is 6.08 Å². The molecule has 0 atom stereocenters. The molecule has 0 heterocycles. The van der Waals surface area contributed by atoms with E-state index in [-0.39, 0.29) is 5.78 Å². The number of thioether (sulfide) groups is 1. The van der Waals surface area contributed by atoms with Gasteiger partial charge in [0.1, 0.15) is 11.5 Å². The lowest BCUT2D eigenvalue weighted by Crippen LogP contribution is -1.97. The predicted molar refractivity (Wildman–Crippen MR) is 165 cm³/mol. The number of ether oxygens (including phenoxy) is 2. The molecular formula is C34H50O3S. The van der Waals surface area contributed by atoms with Crippen molar-refractivity contribution in [2.24, 2.45) is 0 Å². The van der Waals surface area contributed by atoms with Crippen molar-refractivity contribution in [2.45, 2.75) is 108 Å². The molecule has 0 aliphatic heterocycles. The SMILES string of the molecule is CCCCCCCCCCCCCCCCCSc1ccc(/C=C/C(=O)c2cc(OC)cc(OC)c2)cc1. The summed E-state index contributed by atoms with van der Waals surface area (Å²) in [6.45, 7) is 2.29. The number of allylic oxidation sites excluding steroid dienone is 1. The first kappa shape index (κ1) is 32.0. The van der Waals surface area contributed by atoms with Crippen LogP contribution in [0.1, 0.15) is 119 Å². The highest BCUT2D eigenvalue weighted by molar-refractivity contribution is 7.99. The quantitative estimate of drug-likeness (QED) is 0.0646. The number of methoxy groups -OCH3 is 2. The fourth-order valence-corrected chi connectivity index (χ4v) is 5.47. The van der Waals surface area contributed by atoms with E-state index >= 15 is 0 Å². The Labute approximate surface area is 236 Å². The second-order valence-electron chi connectivity index (χ2n) is 10.2. The lowest BCUT2D eigenvalue weighted by Gasteiger charge is -2.06. The molecule has 0 aliphatic rings. The molecule has 0 N–H and O–H groups in total. The lowest BCUT2D eigenvalue weighted by molar-refractivity contribution is 0.104. The topological polar surface area (TPSA) is 35.5 Å². The van der Waals surface area contributed by atoms with Crippen molar-refractivity contribution in [3.63, 3.8) is 0 Å². The van der Waals surface area contributed by atoms with Crippen LogP contribution in [0, 0.1) is 0 Å². The maximum atomic E-state index is 12.6. The van der Waals surface area contributed by atoms with Crippen LogP contribution in [-0.2, 0) is 0 Å². The maximum Gasteiger partial charge on any atom is 0.186 e. The highest BCUT2D eigenvalue weighted by Crippen LogP contribution is 2.24. The summed E-state index contributed by atoms with van der Waals surface area (Å²) in [6, 6.07) is 13.7. The van der Waals surface area contributed by atoms with Gasteiger partial charge in [-0.2, -0.15) is 0 Å². The molecule has 0 radical (unpaired) electrons. The summed E-state index contributed by atoms with van der Waals surface area (Å²) in [5.41, 5.74) is 1.57. The first-order chi connectivity index (χ1) is 18.7. The molecular weight excluding hydrogens is 488 g/mol. The van der Waals surface area contributed by atoms with Crippen LogP contribution in [0.4, 0.5) is 0 Å². The molecule has 0 aromatic heterocycles. The standard InChI is InChI=1S/C34H50O3S/c1-4-5-6-7-8-9-10-11-12-13-14-15-16-17-18-25-38-33-22-19-29(20-23-33)21-24-34(35)30-26-31(36-2)28-32(27-30)37-3/h19-24,26-28H,4-18,25H2,1-3H3/b24-21+. The second-order valence-corrected chi connectivity index (χ2v) is 11.3. The number of unbranched alkanes of at least 4 members (excludes halogenated alkanes) is 14. The van der Waals surface area contributed by atoms with Gasteiger partial charge in [-0.3, -0.25) is 4.79 Å². The first-order valence-corrected chi connectivity index (χ1v) is 15.8. The van der Waals surface area contributed by atoms with Crippen LogP contribution in [0.3, 0.4) is 0 Å². The van der Waals surface area contributed by atoms with E-state index in [1.165, 1.54) is 107 Å². The van der Waals surface area contributed by atoms with E-state index in [1.54, 1.807) is 38.5 Å². The number of hydrogen-bond acceptors (Lipinski definition) is 4. The molecule has 0 fully saturated rings. The summed E-state index contributed by atoms with van der Waals surface area (Å²) < 4.78 is 10.5. The summed E-state index contributed by atoms with van der Waals surface area (Å²) in [6.07, 6.45) is 24.5. The molecule has 0 bridgehead atoms. The maximum absolute atomic E-state index is 12.6. The molecule has 210 valence electrons. The minimum atomic E-state index is -0.0752. The van der Waals surface area contributed by atoms with Gasteiger partial charge < -0.3 is 9.47 Å². The van der Waals surface area contributed by atoms with E-state index in [0.717, 1.165) is 5.56 Å². The van der Waals surface area contributed by atoms with Gasteiger partial charge in [0.05, 0.1) is 14.2 Å². The van der Waals surface area contributed by atoms with Gasteiger partial charge in [-0.15, -0.1) is 11.8 Å². The fourth-order valence-electron chi connectivity index (χ4n) is 4.56. The minimum Gasteiger partial charge on any atom is -0.497 e. The number of rotatable bonds is 22. The molecule has 4 heteroatoms. The van der Waals surface area contributed by atoms with Gasteiger partial charge in [0.2, 0.25) is 0 Å². The third-order valence-electron chi connectivity index (χ3n) is 6.96. The Morgan fingerprint density at radius 3 is 1.63 bits per heavy atom. The molecule has 2 rings (SSSR count). The highest BCUT2D eigenvalue weighted by atomic mass is 32.2. The van der Waals surface area contributed by atoms with Crippen molar-refractivity contribution >= 4 is 23.6 Å². The Balaban J connectivity index is 1.52. The third kappa shape index (κ3) is 14.1. The van der Waals surface area contributed by atoms with Crippen molar-refractivity contribution in [1.29, 1.82) is 0 Å². The lowest BCUT2D eigenvalue weighted by atomic mass is 10.0. The number of benzene rings is 2. The van der Waals surface area contributed by atoms with Gasteiger partial charge in [-0.1, -0.05) is 115 Å². The Hall–Kier alpha value is -2.20. The molecule has 38 heavy (non-hydrogen) atoms. The highest BCUT2D eigenvalue weighted by Gasteiger charge is 2.07. The Morgan fingerprint density at radius 2 is 1.16 bits per heavy atom. The summed E-state index contributed by atoms with van der Waals surface area (Å²) >= 11 is 1.93. The van der Waals surface area contributed by atoms with Crippen LogP contribution in [0.15, 0.2) is 53.4 Å². The van der Waals surface area contributed by atoms with Gasteiger partial charge in [0.15, 0.2) is 5.78 Å². The van der Waals surface area contributed by atoms with Gasteiger partial charge in [-0.25, -0.2) is 0 Å². The first-order valence-electron chi connectivity index (χ1n) is 14.8. The Kier molecular flexibility index (Phi) is 17.5. The van der Waals surface area contributed by atoms with E-state index in [9.17, 15) is 4.79 Å². The van der Waals surface area contributed by atoms with E-state index in [1.807, 2.05) is 17.8 Å². The van der Waals surface area contributed by atoms with Crippen molar-refractivity contribution < 1.29 is 14.3 Å². The fraction of sp³-hybridized carbons (Fsp3) is 0.559. The number of hydrogen-bond donors (Lipinski definition) is 0. The largest absolute Gasteiger partial charge is 0.497 e. The molecule has 0 aliphatic carbocycles. The van der Waals surface area contributed by atoms with E-state index < -0.39 is 0 Å². The van der Waals surface area contributed by atoms with Gasteiger partial charge in [-0.05, 0) is 48.1 Å². The average molecular weight is 539 g/mol. The second kappa shape index (κ2) is 20.7. The van der Waals surface area contributed by atoms with E-state index in [0.29, 0.717) is 17.1 Å². The molecule has 3 nitrogen and oxygen atoms in total. The molecule has 0 amide bonds. The summed E-state index contributed by atoms with van der Waals surface area (Å²) in [4.78, 5) is 13.9. The molecule has 0 saturated heterocycles. The normalized spacial score (nSPS) is 11.2. The van der Waals surface area contributed by atoms with Crippen molar-refractivity contribution in [3.05, 3.63) is 59.7 Å². The zero-order valence-corrected chi connectivity index (χ0v) is 25.0. The number of ketones is 1. The summed E-state index contributed by atoms with van der Waals surface area (Å²) in [5.74, 6) is 2.31. The Bertz CT molecular complexity index is 898. The van der Waals surface area contributed by atoms with Crippen LogP contribution in [-0.4, -0.2) is 25.8 Å². The van der Waals surface area contributed by atoms with E-state index in [2.05, 4.69) is 31.2 Å². The molecule has 2 aromatic carbocycles. The predicted octanol–water partition coefficient (Wildman–Crippen LogP) is 10.6. The molecule has 2 aromatic rings. The molecule has 0 saturated carbocycles. The summed E-state index contributed by atoms with van der Waals surface area (Å²) in [5, 5.41) is 0. The third-order valence-corrected chi connectivity index (χ3v) is 8.06. The zero-order chi connectivity index (χ0) is 27.3. The van der Waals surface area contributed by atoms with Crippen LogP contribution >= 0.6 is 11.8 Å². The van der Waals surface area contributed by atoms with Crippen molar-refractivity contribution in [2.75, 3.05) is 20.0 Å². The van der Waals surface area contributed by atoms with Gasteiger partial charge in [0, 0.05) is 16.5 Å². The number of carbonyl (C=O) groups excluding carboxylic acids is 1. The van der Waals surface area contributed by atoms with Gasteiger partial charge in [0.25, 0.3) is 0 Å². The Morgan fingerprint density at radius 1 is 0.684 bits per heavy atom. The van der Waals surface area contributed by atoms with Crippen LogP contribution < -0.4 is 9.47 Å². The molecule has 0 unspecified atom stereocenters. The summed E-state index contributed by atoms with van der Waals surface area (Å²) in [7, 11) is 3.16. The smallest absolute Gasteiger partial charge is 0.186 e. The monoisotopic (exact) mass is 538 g/mol. The molecule has 0 spiro atoms. The van der Waals surface area contributed by atoms with Crippen LogP contribution in [0.2, 0.25) is 0 Å².